The van der Waals surface area contributed by atoms with Crippen LogP contribution in [0.2, 0.25) is 0 Å². The number of rotatable bonds is 7. The van der Waals surface area contributed by atoms with E-state index in [2.05, 4.69) is 78.0 Å². The van der Waals surface area contributed by atoms with Gasteiger partial charge in [-0.2, -0.15) is 0 Å². The summed E-state index contributed by atoms with van der Waals surface area (Å²) in [7, 11) is 0. The maximum atomic E-state index is 12.6. The third-order valence-corrected chi connectivity index (χ3v) is 6.30. The first-order chi connectivity index (χ1) is 15.0. The maximum absolute atomic E-state index is 12.6. The summed E-state index contributed by atoms with van der Waals surface area (Å²) in [5.41, 5.74) is 4.81. The van der Waals surface area contributed by atoms with Crippen LogP contribution in [0.5, 0.6) is 0 Å². The number of amides is 1. The molecule has 0 aliphatic carbocycles. The van der Waals surface area contributed by atoms with E-state index >= 15 is 0 Å². The number of hydrogen-bond acceptors (Lipinski definition) is 3. The second kappa shape index (κ2) is 9.65. The van der Waals surface area contributed by atoms with Crippen molar-refractivity contribution in [1.82, 2.24) is 19.8 Å². The third-order valence-electron chi connectivity index (χ3n) is 6.30. The van der Waals surface area contributed by atoms with Gasteiger partial charge < -0.3 is 9.88 Å². The average Bonchev–Trinajstić information content (AvgIpc) is 3.12. The molecule has 1 aliphatic heterocycles. The van der Waals surface area contributed by atoms with Gasteiger partial charge in [-0.15, -0.1) is 0 Å². The van der Waals surface area contributed by atoms with Crippen molar-refractivity contribution < 1.29 is 4.79 Å². The number of imidazole rings is 1. The molecule has 4 rings (SSSR count). The zero-order valence-corrected chi connectivity index (χ0v) is 19.0. The van der Waals surface area contributed by atoms with Gasteiger partial charge in [0.1, 0.15) is 5.82 Å². The number of piperidine rings is 1. The van der Waals surface area contributed by atoms with Gasteiger partial charge in [-0.3, -0.25) is 9.69 Å². The molecule has 31 heavy (non-hydrogen) atoms. The fourth-order valence-electron chi connectivity index (χ4n) is 4.68. The van der Waals surface area contributed by atoms with Crippen molar-refractivity contribution >= 4 is 16.9 Å². The number of para-hydroxylation sites is 2. The van der Waals surface area contributed by atoms with Crippen LogP contribution in [0, 0.1) is 12.8 Å². The summed E-state index contributed by atoms with van der Waals surface area (Å²) in [6, 6.07) is 17.2. The van der Waals surface area contributed by atoms with Crippen molar-refractivity contribution in [2.75, 3.05) is 19.6 Å². The summed E-state index contributed by atoms with van der Waals surface area (Å²) in [6.45, 7) is 9.96. The number of carbonyl (C=O) groups is 1. The SMILES string of the molecule is Cc1cccc(CCNC(=O)C2CCN(Cc3nc4ccccc4n3C(C)C)CC2)c1. The summed E-state index contributed by atoms with van der Waals surface area (Å²) in [6.07, 6.45) is 2.72. The lowest BCUT2D eigenvalue weighted by Crippen LogP contribution is -2.41. The Morgan fingerprint density at radius 3 is 2.65 bits per heavy atom. The van der Waals surface area contributed by atoms with Crippen molar-refractivity contribution in [3.63, 3.8) is 0 Å². The van der Waals surface area contributed by atoms with E-state index in [-0.39, 0.29) is 11.8 Å². The first kappa shape index (κ1) is 21.6. The number of aromatic nitrogens is 2. The smallest absolute Gasteiger partial charge is 0.223 e. The Hall–Kier alpha value is -2.66. The standard InChI is InChI=1S/C26H34N4O/c1-19(2)30-24-10-5-4-9-23(24)28-25(30)18-29-15-12-22(13-16-29)26(31)27-14-11-21-8-6-7-20(3)17-21/h4-10,17,19,22H,11-16,18H2,1-3H3,(H,27,31). The van der Waals surface area contributed by atoms with Crippen molar-refractivity contribution in [2.24, 2.45) is 5.92 Å². The highest BCUT2D eigenvalue weighted by atomic mass is 16.1. The van der Waals surface area contributed by atoms with Gasteiger partial charge in [-0.05, 0) is 70.8 Å². The van der Waals surface area contributed by atoms with E-state index in [0.717, 1.165) is 50.2 Å². The Bertz CT molecular complexity index is 1030. The van der Waals surface area contributed by atoms with Crippen LogP contribution in [0.15, 0.2) is 48.5 Å². The van der Waals surface area contributed by atoms with Crippen molar-refractivity contribution in [3.8, 4) is 0 Å². The lowest BCUT2D eigenvalue weighted by molar-refractivity contribution is -0.126. The number of carbonyl (C=O) groups excluding carboxylic acids is 1. The van der Waals surface area contributed by atoms with Gasteiger partial charge in [-0.1, -0.05) is 42.0 Å². The molecule has 1 amide bonds. The zero-order valence-electron chi connectivity index (χ0n) is 19.0. The fourth-order valence-corrected chi connectivity index (χ4v) is 4.68. The molecule has 0 bridgehead atoms. The Balaban J connectivity index is 1.28. The van der Waals surface area contributed by atoms with Crippen molar-refractivity contribution in [2.45, 2.75) is 52.6 Å². The number of aryl methyl sites for hydroxylation is 1. The van der Waals surface area contributed by atoms with E-state index in [1.807, 2.05) is 6.07 Å². The Morgan fingerprint density at radius 1 is 1.13 bits per heavy atom. The van der Waals surface area contributed by atoms with Crippen LogP contribution >= 0.6 is 0 Å². The molecular weight excluding hydrogens is 384 g/mol. The molecule has 0 radical (unpaired) electrons. The predicted octanol–water partition coefficient (Wildman–Crippen LogP) is 4.50. The molecule has 5 nitrogen and oxygen atoms in total. The molecule has 1 saturated heterocycles. The topological polar surface area (TPSA) is 50.2 Å². The minimum Gasteiger partial charge on any atom is -0.356 e. The van der Waals surface area contributed by atoms with Crippen LogP contribution < -0.4 is 5.32 Å². The number of nitrogens with one attached hydrogen (secondary N) is 1. The highest BCUT2D eigenvalue weighted by Gasteiger charge is 2.26. The minimum absolute atomic E-state index is 0.123. The van der Waals surface area contributed by atoms with E-state index < -0.39 is 0 Å². The molecule has 2 heterocycles. The Kier molecular flexibility index (Phi) is 6.71. The predicted molar refractivity (Wildman–Crippen MR) is 126 cm³/mol. The molecule has 1 fully saturated rings. The molecule has 0 saturated carbocycles. The molecule has 1 aliphatic rings. The van der Waals surface area contributed by atoms with Crippen LogP contribution in [0.4, 0.5) is 0 Å². The van der Waals surface area contributed by atoms with Gasteiger partial charge in [0.05, 0.1) is 17.6 Å². The van der Waals surface area contributed by atoms with Crippen LogP contribution in [0.1, 0.15) is 49.7 Å². The molecule has 1 aromatic heterocycles. The Labute approximate surface area is 185 Å². The van der Waals surface area contributed by atoms with Gasteiger partial charge in [0.15, 0.2) is 0 Å². The van der Waals surface area contributed by atoms with Gasteiger partial charge in [-0.25, -0.2) is 4.98 Å². The lowest BCUT2D eigenvalue weighted by atomic mass is 9.96. The molecule has 5 heteroatoms. The molecule has 2 aromatic carbocycles. The lowest BCUT2D eigenvalue weighted by Gasteiger charge is -2.31. The number of fused-ring (bicyclic) bond motifs is 1. The first-order valence-electron chi connectivity index (χ1n) is 11.5. The zero-order chi connectivity index (χ0) is 21.8. The normalized spacial score (nSPS) is 15.6. The quantitative estimate of drug-likeness (QED) is 0.615. The first-order valence-corrected chi connectivity index (χ1v) is 11.5. The molecule has 1 N–H and O–H groups in total. The van der Waals surface area contributed by atoms with Crippen LogP contribution in [-0.2, 0) is 17.8 Å². The van der Waals surface area contributed by atoms with Gasteiger partial charge in [0.25, 0.3) is 0 Å². The third kappa shape index (κ3) is 5.16. The van der Waals surface area contributed by atoms with Gasteiger partial charge in [0, 0.05) is 18.5 Å². The molecule has 164 valence electrons. The van der Waals surface area contributed by atoms with Gasteiger partial charge >= 0.3 is 0 Å². The van der Waals surface area contributed by atoms with Crippen LogP contribution in [-0.4, -0.2) is 40.0 Å². The number of nitrogens with zero attached hydrogens (tertiary/aromatic N) is 3. The highest BCUT2D eigenvalue weighted by molar-refractivity contribution is 5.78. The monoisotopic (exact) mass is 418 g/mol. The summed E-state index contributed by atoms with van der Waals surface area (Å²) in [4.78, 5) is 20.0. The second-order valence-electron chi connectivity index (χ2n) is 9.06. The summed E-state index contributed by atoms with van der Waals surface area (Å²) in [5.74, 6) is 1.46. The average molecular weight is 419 g/mol. The maximum Gasteiger partial charge on any atom is 0.223 e. The van der Waals surface area contributed by atoms with E-state index in [4.69, 9.17) is 4.98 Å². The van der Waals surface area contributed by atoms with Crippen molar-refractivity contribution in [1.29, 1.82) is 0 Å². The van der Waals surface area contributed by atoms with E-state index in [1.54, 1.807) is 0 Å². The second-order valence-corrected chi connectivity index (χ2v) is 9.06. The Morgan fingerprint density at radius 2 is 1.90 bits per heavy atom. The fraction of sp³-hybridized carbons (Fsp3) is 0.462. The highest BCUT2D eigenvalue weighted by Crippen LogP contribution is 2.24. The number of hydrogen-bond donors (Lipinski definition) is 1. The molecule has 0 atom stereocenters. The van der Waals surface area contributed by atoms with Crippen molar-refractivity contribution in [3.05, 3.63) is 65.5 Å². The largest absolute Gasteiger partial charge is 0.356 e. The summed E-state index contributed by atoms with van der Waals surface area (Å²) >= 11 is 0. The summed E-state index contributed by atoms with van der Waals surface area (Å²) < 4.78 is 2.35. The molecule has 0 spiro atoms. The van der Waals surface area contributed by atoms with Gasteiger partial charge in [0.2, 0.25) is 5.91 Å². The van der Waals surface area contributed by atoms with Crippen LogP contribution in [0.3, 0.4) is 0 Å². The van der Waals surface area contributed by atoms with E-state index in [9.17, 15) is 4.79 Å². The molecular formula is C26H34N4O. The van der Waals surface area contributed by atoms with Crippen LogP contribution in [0.25, 0.3) is 11.0 Å². The molecule has 3 aromatic rings. The summed E-state index contributed by atoms with van der Waals surface area (Å²) in [5, 5.41) is 3.15. The molecule has 0 unspecified atom stereocenters. The van der Waals surface area contributed by atoms with E-state index in [1.165, 1.54) is 16.6 Å². The van der Waals surface area contributed by atoms with E-state index in [0.29, 0.717) is 12.6 Å². The minimum atomic E-state index is 0.123. The number of benzene rings is 2. The number of likely N-dealkylation sites (tertiary alicyclic amines) is 1.